The van der Waals surface area contributed by atoms with Crippen LogP contribution in [0.15, 0.2) is 59.5 Å². The second kappa shape index (κ2) is 7.23. The summed E-state index contributed by atoms with van der Waals surface area (Å²) in [5.74, 6) is 0.511. The van der Waals surface area contributed by atoms with Crippen molar-refractivity contribution >= 4 is 28.8 Å². The van der Waals surface area contributed by atoms with Crippen LogP contribution in [0.2, 0.25) is 0 Å². The highest BCUT2D eigenvalue weighted by Gasteiger charge is 2.29. The average molecular weight is 428 g/mol. The molecule has 4 heterocycles. The van der Waals surface area contributed by atoms with Crippen LogP contribution in [0.3, 0.4) is 0 Å². The number of amides is 1. The first-order valence-corrected chi connectivity index (χ1v) is 10.5. The highest BCUT2D eigenvalue weighted by molar-refractivity contribution is 5.90. The van der Waals surface area contributed by atoms with E-state index in [0.717, 1.165) is 28.9 Å². The molecule has 0 spiro atoms. The average Bonchev–Trinajstić information content (AvgIpc) is 3.45. The van der Waals surface area contributed by atoms with E-state index in [1.165, 1.54) is 0 Å². The van der Waals surface area contributed by atoms with Crippen LogP contribution in [0.25, 0.3) is 16.7 Å². The minimum atomic E-state index is -0.300. The molecule has 1 fully saturated rings. The summed E-state index contributed by atoms with van der Waals surface area (Å²) >= 11 is 0. The molecule has 1 saturated heterocycles. The maximum Gasteiger partial charge on any atom is 0.414 e. The molecule has 0 unspecified atom stereocenters. The quantitative estimate of drug-likeness (QED) is 0.539. The van der Waals surface area contributed by atoms with Crippen LogP contribution < -0.4 is 15.4 Å². The Hall–Kier alpha value is -4.14. The van der Waals surface area contributed by atoms with Crippen LogP contribution in [0.5, 0.6) is 0 Å². The number of nitrogens with one attached hydrogen (secondary N) is 1. The minimum Gasteiger partial charge on any atom is -0.447 e. The number of cyclic esters (lactones) is 1. The molecule has 9 heteroatoms. The van der Waals surface area contributed by atoms with E-state index in [1.54, 1.807) is 15.8 Å². The number of fused-ring (bicyclic) bond motifs is 2. The number of H-pyrrole nitrogens is 1. The maximum absolute atomic E-state index is 12.8. The smallest absolute Gasteiger partial charge is 0.414 e. The summed E-state index contributed by atoms with van der Waals surface area (Å²) in [4.78, 5) is 36.3. The highest BCUT2D eigenvalue weighted by atomic mass is 16.6. The number of hydrogen-bond donors (Lipinski definition) is 1. The molecular weight excluding hydrogens is 408 g/mol. The zero-order valence-electron chi connectivity index (χ0n) is 17.2. The summed E-state index contributed by atoms with van der Waals surface area (Å²) < 4.78 is 6.80. The molecule has 4 aromatic rings. The Morgan fingerprint density at radius 1 is 1.00 bits per heavy atom. The summed E-state index contributed by atoms with van der Waals surface area (Å²) in [5, 5.41) is 4.83. The first-order valence-electron chi connectivity index (χ1n) is 10.5. The van der Waals surface area contributed by atoms with E-state index in [1.807, 2.05) is 42.5 Å². The lowest BCUT2D eigenvalue weighted by atomic mass is 9.97. The molecule has 0 radical (unpaired) electrons. The summed E-state index contributed by atoms with van der Waals surface area (Å²) in [6.45, 7) is 2.23. The van der Waals surface area contributed by atoms with Gasteiger partial charge in [-0.25, -0.2) is 9.48 Å². The molecule has 2 aromatic heterocycles. The van der Waals surface area contributed by atoms with Crippen molar-refractivity contribution in [2.75, 3.05) is 29.5 Å². The van der Waals surface area contributed by atoms with Crippen LogP contribution >= 0.6 is 0 Å². The van der Waals surface area contributed by atoms with Crippen molar-refractivity contribution in [1.29, 1.82) is 0 Å². The third-order valence-electron chi connectivity index (χ3n) is 6.02. The largest absolute Gasteiger partial charge is 0.447 e. The van der Waals surface area contributed by atoms with E-state index in [2.05, 4.69) is 21.0 Å². The van der Waals surface area contributed by atoms with Crippen LogP contribution in [0.1, 0.15) is 11.1 Å². The summed E-state index contributed by atoms with van der Waals surface area (Å²) in [5.41, 5.74) is 4.30. The fourth-order valence-electron chi connectivity index (χ4n) is 4.45. The maximum atomic E-state index is 12.8. The fourth-order valence-corrected chi connectivity index (χ4v) is 4.45. The van der Waals surface area contributed by atoms with Crippen molar-refractivity contribution in [2.45, 2.75) is 13.0 Å². The molecule has 160 valence electrons. The van der Waals surface area contributed by atoms with Gasteiger partial charge in [-0.05, 0) is 35.7 Å². The Balaban J connectivity index is 1.37. The van der Waals surface area contributed by atoms with Crippen molar-refractivity contribution in [1.82, 2.24) is 19.7 Å². The fraction of sp³-hybridized carbons (Fsp3) is 0.217. The van der Waals surface area contributed by atoms with Gasteiger partial charge in [-0.3, -0.25) is 14.7 Å². The van der Waals surface area contributed by atoms with Crippen LogP contribution in [0, 0.1) is 0 Å². The number of aromatic amines is 1. The monoisotopic (exact) mass is 428 g/mol. The third-order valence-corrected chi connectivity index (χ3v) is 6.02. The summed E-state index contributed by atoms with van der Waals surface area (Å²) in [6, 6.07) is 15.6. The van der Waals surface area contributed by atoms with E-state index in [0.29, 0.717) is 43.2 Å². The first kappa shape index (κ1) is 18.6. The van der Waals surface area contributed by atoms with E-state index in [-0.39, 0.29) is 11.7 Å². The number of carbonyl (C=O) groups excluding carboxylic acids is 1. The van der Waals surface area contributed by atoms with E-state index in [4.69, 9.17) is 9.72 Å². The molecular formula is C23H20N6O3. The normalized spacial score (nSPS) is 15.8. The zero-order valence-corrected chi connectivity index (χ0v) is 17.2. The molecule has 0 aliphatic carbocycles. The molecule has 0 saturated carbocycles. The van der Waals surface area contributed by atoms with Gasteiger partial charge in [-0.15, -0.1) is 0 Å². The van der Waals surface area contributed by atoms with Gasteiger partial charge in [0.05, 0.1) is 24.1 Å². The molecule has 2 aliphatic rings. The lowest BCUT2D eigenvalue weighted by molar-refractivity contribution is 0.181. The van der Waals surface area contributed by atoms with Crippen molar-refractivity contribution in [3.8, 4) is 5.69 Å². The Morgan fingerprint density at radius 2 is 1.88 bits per heavy atom. The number of hydrogen-bond acceptors (Lipinski definition) is 6. The highest BCUT2D eigenvalue weighted by Crippen LogP contribution is 2.31. The van der Waals surface area contributed by atoms with Crippen LogP contribution in [-0.4, -0.2) is 45.5 Å². The van der Waals surface area contributed by atoms with E-state index in [9.17, 15) is 9.59 Å². The number of carbonyl (C=O) groups is 1. The molecule has 9 nitrogen and oxygen atoms in total. The van der Waals surface area contributed by atoms with Gasteiger partial charge in [0.1, 0.15) is 12.0 Å². The van der Waals surface area contributed by atoms with Crippen molar-refractivity contribution in [3.05, 3.63) is 76.2 Å². The van der Waals surface area contributed by atoms with Crippen molar-refractivity contribution in [3.63, 3.8) is 0 Å². The van der Waals surface area contributed by atoms with Gasteiger partial charge < -0.3 is 9.64 Å². The molecule has 32 heavy (non-hydrogen) atoms. The van der Waals surface area contributed by atoms with Gasteiger partial charge in [0.25, 0.3) is 5.56 Å². The number of aromatic nitrogens is 4. The second-order valence-electron chi connectivity index (χ2n) is 7.87. The predicted octanol–water partition coefficient (Wildman–Crippen LogP) is 2.63. The number of nitrogens with zero attached hydrogens (tertiary/aromatic N) is 5. The lowest BCUT2D eigenvalue weighted by Gasteiger charge is -2.31. The van der Waals surface area contributed by atoms with Gasteiger partial charge >= 0.3 is 6.09 Å². The third kappa shape index (κ3) is 2.93. The predicted molar refractivity (Wildman–Crippen MR) is 119 cm³/mol. The molecule has 0 bridgehead atoms. The van der Waals surface area contributed by atoms with Gasteiger partial charge in [0.15, 0.2) is 5.65 Å². The van der Waals surface area contributed by atoms with Gasteiger partial charge in [-0.1, -0.05) is 30.3 Å². The van der Waals surface area contributed by atoms with Crippen LogP contribution in [-0.2, 0) is 17.7 Å². The Labute approximate surface area is 182 Å². The van der Waals surface area contributed by atoms with Gasteiger partial charge in [0, 0.05) is 13.1 Å². The minimum absolute atomic E-state index is 0.216. The molecule has 1 N–H and O–H groups in total. The molecule has 2 aromatic carbocycles. The van der Waals surface area contributed by atoms with Gasteiger partial charge in [0.2, 0.25) is 5.95 Å². The number of ether oxygens (including phenoxy) is 1. The number of benzene rings is 2. The zero-order chi connectivity index (χ0) is 21.7. The second-order valence-corrected chi connectivity index (χ2v) is 7.87. The number of anilines is 2. The van der Waals surface area contributed by atoms with E-state index >= 15 is 0 Å². The van der Waals surface area contributed by atoms with Crippen molar-refractivity contribution < 1.29 is 9.53 Å². The Kier molecular flexibility index (Phi) is 4.20. The Bertz CT molecular complexity index is 1390. The summed E-state index contributed by atoms with van der Waals surface area (Å²) in [6.07, 6.45) is 1.98. The van der Waals surface area contributed by atoms with Crippen LogP contribution in [0.4, 0.5) is 16.4 Å². The van der Waals surface area contributed by atoms with E-state index < -0.39 is 0 Å². The number of rotatable bonds is 3. The number of para-hydroxylation sites is 1. The Morgan fingerprint density at radius 3 is 2.69 bits per heavy atom. The molecule has 2 aliphatic heterocycles. The summed E-state index contributed by atoms with van der Waals surface area (Å²) in [7, 11) is 0. The van der Waals surface area contributed by atoms with Crippen molar-refractivity contribution in [2.24, 2.45) is 0 Å². The molecule has 6 rings (SSSR count). The molecule has 1 amide bonds. The molecule has 0 atom stereocenters. The standard InChI is InChI=1S/C23H20N6O3/c30-21-18-13-24-29(16-6-2-1-3-7-16)20(18)25-22(26-21)27-10-9-17-15(14-27)5-4-8-19(17)28-11-12-32-23(28)31/h1-8,13H,9-12,14H2,(H,25,26,30). The van der Waals surface area contributed by atoms with Gasteiger partial charge in [-0.2, -0.15) is 10.1 Å². The lowest BCUT2D eigenvalue weighted by Crippen LogP contribution is -2.35. The first-order chi connectivity index (χ1) is 15.7. The topological polar surface area (TPSA) is 96.3 Å². The SMILES string of the molecule is O=C1OCCN1c1cccc2c1CCN(c1nc3c(cnn3-c3ccccc3)c(=O)[nH]1)C2.